The van der Waals surface area contributed by atoms with Gasteiger partial charge in [0.2, 0.25) is 5.91 Å². The molecule has 27 heavy (non-hydrogen) atoms. The Kier molecular flexibility index (Phi) is 14.4. The van der Waals surface area contributed by atoms with Gasteiger partial charge in [0, 0.05) is 12.2 Å². The Hall–Kier alpha value is -1.57. The molecule has 0 spiro atoms. The summed E-state index contributed by atoms with van der Waals surface area (Å²) in [5.74, 6) is -0.00380. The lowest BCUT2D eigenvalue weighted by Crippen LogP contribution is -2.30. The first-order chi connectivity index (χ1) is 13.3. The minimum atomic E-state index is -0.00380. The van der Waals surface area contributed by atoms with E-state index in [0.717, 1.165) is 18.7 Å². The molecular weight excluding hydrogens is 330 g/mol. The summed E-state index contributed by atoms with van der Waals surface area (Å²) in [6.07, 6.45) is 20.3. The first-order valence-electron chi connectivity index (χ1n) is 11.3. The topological polar surface area (TPSA) is 20.3 Å². The molecule has 0 N–H and O–H groups in total. The van der Waals surface area contributed by atoms with E-state index in [1.807, 2.05) is 35.2 Å². The van der Waals surface area contributed by atoms with Gasteiger partial charge in [-0.05, 0) is 24.6 Å². The lowest BCUT2D eigenvalue weighted by molar-refractivity contribution is -0.114. The third kappa shape index (κ3) is 11.7. The van der Waals surface area contributed by atoms with Crippen LogP contribution in [0.15, 0.2) is 43.0 Å². The molecule has 0 atom stereocenters. The van der Waals surface area contributed by atoms with Crippen molar-refractivity contribution in [1.82, 2.24) is 0 Å². The Morgan fingerprint density at radius 3 is 1.67 bits per heavy atom. The smallest absolute Gasteiger partial charge is 0.250 e. The van der Waals surface area contributed by atoms with Crippen molar-refractivity contribution in [3.63, 3.8) is 0 Å². The van der Waals surface area contributed by atoms with Crippen molar-refractivity contribution >= 4 is 11.6 Å². The Morgan fingerprint density at radius 1 is 0.778 bits per heavy atom. The average molecular weight is 372 g/mol. The Balaban J connectivity index is 1.99. The van der Waals surface area contributed by atoms with Gasteiger partial charge in [-0.1, -0.05) is 115 Å². The Bertz CT molecular complexity index is 482. The first-order valence-corrected chi connectivity index (χ1v) is 11.3. The van der Waals surface area contributed by atoms with Gasteiger partial charge >= 0.3 is 0 Å². The van der Waals surface area contributed by atoms with Crippen LogP contribution in [0.2, 0.25) is 0 Å². The normalized spacial score (nSPS) is 10.7. The molecule has 0 fully saturated rings. The van der Waals surface area contributed by atoms with Crippen molar-refractivity contribution in [3.8, 4) is 0 Å². The van der Waals surface area contributed by atoms with Crippen molar-refractivity contribution in [3.05, 3.63) is 43.0 Å². The maximum absolute atomic E-state index is 12.1. The number of carbonyl (C=O) groups excluding carboxylic acids is 1. The standard InChI is InChI=1S/C25H41NO/c1-3-5-6-7-8-9-10-11-12-13-14-15-16-20-23-26(25(27)4-2)24-21-18-17-19-22-24/h4,17-19,21-22H,2-3,5-16,20,23H2,1H3. The van der Waals surface area contributed by atoms with Gasteiger partial charge in [-0.3, -0.25) is 4.79 Å². The predicted molar refractivity (Wildman–Crippen MR) is 119 cm³/mol. The molecule has 0 saturated heterocycles. The van der Waals surface area contributed by atoms with E-state index in [9.17, 15) is 4.79 Å². The lowest BCUT2D eigenvalue weighted by atomic mass is 10.0. The van der Waals surface area contributed by atoms with Crippen molar-refractivity contribution in [2.24, 2.45) is 0 Å². The number of benzene rings is 1. The number of para-hydroxylation sites is 1. The van der Waals surface area contributed by atoms with Crippen LogP contribution in [0.1, 0.15) is 96.8 Å². The SMILES string of the molecule is C=CC(=O)N(CCCCCCCCCCCCCCCC)c1ccccc1. The summed E-state index contributed by atoms with van der Waals surface area (Å²) in [4.78, 5) is 13.9. The summed E-state index contributed by atoms with van der Waals surface area (Å²) in [5.41, 5.74) is 0.970. The maximum Gasteiger partial charge on any atom is 0.250 e. The summed E-state index contributed by atoms with van der Waals surface area (Å²) in [6, 6.07) is 9.91. The van der Waals surface area contributed by atoms with E-state index in [0.29, 0.717) is 0 Å². The number of hydrogen-bond acceptors (Lipinski definition) is 1. The molecule has 152 valence electrons. The molecule has 0 aliphatic rings. The van der Waals surface area contributed by atoms with Crippen LogP contribution in [0, 0.1) is 0 Å². The zero-order chi connectivity index (χ0) is 19.6. The molecule has 0 heterocycles. The van der Waals surface area contributed by atoms with Gasteiger partial charge in [-0.15, -0.1) is 0 Å². The van der Waals surface area contributed by atoms with E-state index in [1.54, 1.807) is 0 Å². The van der Waals surface area contributed by atoms with E-state index in [-0.39, 0.29) is 5.91 Å². The van der Waals surface area contributed by atoms with Crippen LogP contribution in [-0.4, -0.2) is 12.5 Å². The average Bonchev–Trinajstić information content (AvgIpc) is 2.71. The third-order valence-electron chi connectivity index (χ3n) is 5.24. The van der Waals surface area contributed by atoms with E-state index in [1.165, 1.54) is 89.5 Å². The number of carbonyl (C=O) groups is 1. The Labute approximate surface area is 168 Å². The predicted octanol–water partition coefficient (Wildman–Crippen LogP) is 7.69. The monoisotopic (exact) mass is 371 g/mol. The molecule has 0 aromatic heterocycles. The molecule has 0 saturated carbocycles. The van der Waals surface area contributed by atoms with Gasteiger partial charge in [0.1, 0.15) is 0 Å². The van der Waals surface area contributed by atoms with Gasteiger partial charge in [-0.25, -0.2) is 0 Å². The highest BCUT2D eigenvalue weighted by molar-refractivity contribution is 6.00. The maximum atomic E-state index is 12.1. The minimum Gasteiger partial charge on any atom is -0.309 e. The van der Waals surface area contributed by atoms with E-state index < -0.39 is 0 Å². The third-order valence-corrected chi connectivity index (χ3v) is 5.24. The van der Waals surface area contributed by atoms with Crippen molar-refractivity contribution in [2.45, 2.75) is 96.8 Å². The van der Waals surface area contributed by atoms with Crippen LogP contribution in [0.5, 0.6) is 0 Å². The number of anilines is 1. The number of nitrogens with zero attached hydrogens (tertiary/aromatic N) is 1. The molecule has 0 aliphatic heterocycles. The summed E-state index contributed by atoms with van der Waals surface area (Å²) in [5, 5.41) is 0. The van der Waals surface area contributed by atoms with E-state index in [4.69, 9.17) is 0 Å². The fourth-order valence-electron chi connectivity index (χ4n) is 3.55. The van der Waals surface area contributed by atoms with Crippen LogP contribution >= 0.6 is 0 Å². The summed E-state index contributed by atoms with van der Waals surface area (Å²) in [6.45, 7) is 6.70. The Morgan fingerprint density at radius 2 is 1.22 bits per heavy atom. The number of rotatable bonds is 17. The highest BCUT2D eigenvalue weighted by Crippen LogP contribution is 2.16. The zero-order valence-electron chi connectivity index (χ0n) is 17.6. The molecule has 1 aromatic carbocycles. The van der Waals surface area contributed by atoms with Crippen molar-refractivity contribution in [1.29, 1.82) is 0 Å². The highest BCUT2D eigenvalue weighted by atomic mass is 16.2. The largest absolute Gasteiger partial charge is 0.309 e. The number of unbranched alkanes of at least 4 members (excludes halogenated alkanes) is 13. The quantitative estimate of drug-likeness (QED) is 0.203. The molecular formula is C25H41NO. The van der Waals surface area contributed by atoms with Gasteiger partial charge in [0.05, 0.1) is 0 Å². The number of hydrogen-bond donors (Lipinski definition) is 0. The van der Waals surface area contributed by atoms with Crippen LogP contribution < -0.4 is 4.90 Å². The molecule has 2 heteroatoms. The van der Waals surface area contributed by atoms with E-state index >= 15 is 0 Å². The lowest BCUT2D eigenvalue weighted by Gasteiger charge is -2.21. The van der Waals surface area contributed by atoms with Crippen molar-refractivity contribution < 1.29 is 4.79 Å². The van der Waals surface area contributed by atoms with Crippen LogP contribution in [0.25, 0.3) is 0 Å². The summed E-state index contributed by atoms with van der Waals surface area (Å²) < 4.78 is 0. The first kappa shape index (κ1) is 23.5. The summed E-state index contributed by atoms with van der Waals surface area (Å²) in [7, 11) is 0. The van der Waals surface area contributed by atoms with Crippen LogP contribution in [0.3, 0.4) is 0 Å². The van der Waals surface area contributed by atoms with Crippen LogP contribution in [0.4, 0.5) is 5.69 Å². The molecule has 1 amide bonds. The molecule has 0 radical (unpaired) electrons. The zero-order valence-corrected chi connectivity index (χ0v) is 17.6. The number of amides is 1. The molecule has 0 bridgehead atoms. The second-order valence-corrected chi connectivity index (χ2v) is 7.63. The second-order valence-electron chi connectivity index (χ2n) is 7.63. The molecule has 0 aliphatic carbocycles. The van der Waals surface area contributed by atoms with Gasteiger partial charge < -0.3 is 4.90 Å². The minimum absolute atomic E-state index is 0.00380. The molecule has 2 nitrogen and oxygen atoms in total. The van der Waals surface area contributed by atoms with Gasteiger partial charge in [-0.2, -0.15) is 0 Å². The van der Waals surface area contributed by atoms with Crippen molar-refractivity contribution in [2.75, 3.05) is 11.4 Å². The molecule has 1 rings (SSSR count). The highest BCUT2D eigenvalue weighted by Gasteiger charge is 2.11. The molecule has 1 aromatic rings. The fraction of sp³-hybridized carbons (Fsp3) is 0.640. The van der Waals surface area contributed by atoms with Gasteiger partial charge in [0.25, 0.3) is 0 Å². The van der Waals surface area contributed by atoms with E-state index in [2.05, 4.69) is 13.5 Å². The fourth-order valence-corrected chi connectivity index (χ4v) is 3.55. The summed E-state index contributed by atoms with van der Waals surface area (Å²) >= 11 is 0. The second kappa shape index (κ2) is 16.6. The van der Waals surface area contributed by atoms with Gasteiger partial charge in [0.15, 0.2) is 0 Å². The van der Waals surface area contributed by atoms with Crippen LogP contribution in [-0.2, 0) is 4.79 Å². The molecule has 0 unspecified atom stereocenters.